The number of rotatable bonds is 5. The summed E-state index contributed by atoms with van der Waals surface area (Å²) in [6.45, 7) is 4.08. The predicted octanol–water partition coefficient (Wildman–Crippen LogP) is 1.10. The molecule has 1 unspecified atom stereocenters. The Morgan fingerprint density at radius 1 is 1.45 bits per heavy atom. The average Bonchev–Trinajstić information content (AvgIpc) is 2.93. The molecule has 1 fully saturated rings. The van der Waals surface area contributed by atoms with Crippen LogP contribution < -0.4 is 10.5 Å². The Hall–Kier alpha value is -1.54. The minimum atomic E-state index is 0.376. The maximum absolute atomic E-state index is 5.78. The van der Waals surface area contributed by atoms with Crippen molar-refractivity contribution < 1.29 is 9.47 Å². The highest BCUT2D eigenvalue weighted by Crippen LogP contribution is 2.14. The first-order valence-corrected chi connectivity index (χ1v) is 6.99. The second-order valence-electron chi connectivity index (χ2n) is 4.83. The summed E-state index contributed by atoms with van der Waals surface area (Å²) >= 11 is 0. The van der Waals surface area contributed by atoms with Gasteiger partial charge in [-0.3, -0.25) is 4.90 Å². The molecule has 0 saturated carbocycles. The minimum Gasteiger partial charge on any atom is -0.492 e. The van der Waals surface area contributed by atoms with Gasteiger partial charge in [-0.25, -0.2) is 0 Å². The first-order chi connectivity index (χ1) is 9.81. The zero-order valence-corrected chi connectivity index (χ0v) is 12.0. The van der Waals surface area contributed by atoms with Gasteiger partial charge in [0.25, 0.3) is 0 Å². The number of nitrogens with two attached hydrogens (primary N) is 1. The molecule has 1 saturated heterocycles. The number of likely N-dealkylation sites (tertiary alicyclic amines) is 1. The van der Waals surface area contributed by atoms with Crippen molar-refractivity contribution in [2.75, 3.05) is 39.9 Å². The lowest BCUT2D eigenvalue weighted by Gasteiger charge is -2.15. The van der Waals surface area contributed by atoms with E-state index in [-0.39, 0.29) is 0 Å². The van der Waals surface area contributed by atoms with Gasteiger partial charge in [0.2, 0.25) is 0 Å². The van der Waals surface area contributed by atoms with E-state index in [4.69, 9.17) is 15.2 Å². The quantitative estimate of drug-likeness (QED) is 0.817. The Morgan fingerprint density at radius 2 is 2.35 bits per heavy atom. The smallest absolute Gasteiger partial charge is 0.120 e. The van der Waals surface area contributed by atoms with Gasteiger partial charge in [0.15, 0.2) is 0 Å². The second kappa shape index (κ2) is 7.91. The first kappa shape index (κ1) is 14.9. The lowest BCUT2D eigenvalue weighted by molar-refractivity contribution is 0.106. The van der Waals surface area contributed by atoms with Crippen molar-refractivity contribution in [1.29, 1.82) is 0 Å². The Balaban J connectivity index is 1.77. The summed E-state index contributed by atoms with van der Waals surface area (Å²) < 4.78 is 11.1. The van der Waals surface area contributed by atoms with E-state index < -0.39 is 0 Å². The summed E-state index contributed by atoms with van der Waals surface area (Å²) in [5.74, 6) is 6.71. The summed E-state index contributed by atoms with van der Waals surface area (Å²) in [5.41, 5.74) is 6.30. The summed E-state index contributed by atoms with van der Waals surface area (Å²) in [6, 6.07) is 7.81. The number of hydrogen-bond donors (Lipinski definition) is 1. The maximum atomic E-state index is 5.78. The average molecular weight is 274 g/mol. The summed E-state index contributed by atoms with van der Waals surface area (Å²) in [6.07, 6.45) is 1.49. The minimum absolute atomic E-state index is 0.376. The van der Waals surface area contributed by atoms with Crippen LogP contribution in [0, 0.1) is 11.8 Å². The largest absolute Gasteiger partial charge is 0.492 e. The molecule has 0 radical (unpaired) electrons. The van der Waals surface area contributed by atoms with Crippen LogP contribution in [0.3, 0.4) is 0 Å². The van der Waals surface area contributed by atoms with Crippen LogP contribution in [-0.2, 0) is 4.74 Å². The highest BCUT2D eigenvalue weighted by molar-refractivity contribution is 5.39. The maximum Gasteiger partial charge on any atom is 0.120 e. The van der Waals surface area contributed by atoms with Crippen LogP contribution in [0.2, 0.25) is 0 Å². The summed E-state index contributed by atoms with van der Waals surface area (Å²) in [5, 5.41) is 0. The zero-order valence-electron chi connectivity index (χ0n) is 12.0. The standard InChI is InChI=1S/C16H22N2O2/c1-19-16-7-9-18(13-16)10-11-20-15-6-2-4-14(12-15)5-3-8-17/h2,4,6,12,16H,7-11,13,17H2,1H3. The van der Waals surface area contributed by atoms with Gasteiger partial charge in [0.05, 0.1) is 12.6 Å². The number of methoxy groups -OCH3 is 1. The molecule has 1 atom stereocenters. The highest BCUT2D eigenvalue weighted by Gasteiger charge is 2.21. The fraction of sp³-hybridized carbons (Fsp3) is 0.500. The van der Waals surface area contributed by atoms with Crippen molar-refractivity contribution in [3.8, 4) is 17.6 Å². The van der Waals surface area contributed by atoms with E-state index >= 15 is 0 Å². The van der Waals surface area contributed by atoms with E-state index in [1.165, 1.54) is 0 Å². The lowest BCUT2D eigenvalue weighted by atomic mass is 10.2. The topological polar surface area (TPSA) is 47.7 Å². The lowest BCUT2D eigenvalue weighted by Crippen LogP contribution is -2.27. The monoisotopic (exact) mass is 274 g/mol. The molecule has 0 aliphatic carbocycles. The molecule has 1 aliphatic rings. The molecule has 4 heteroatoms. The molecule has 0 aromatic heterocycles. The molecule has 0 bridgehead atoms. The van der Waals surface area contributed by atoms with E-state index in [1.54, 1.807) is 7.11 Å². The van der Waals surface area contributed by atoms with Crippen LogP contribution in [0.4, 0.5) is 0 Å². The van der Waals surface area contributed by atoms with E-state index in [2.05, 4.69) is 16.7 Å². The van der Waals surface area contributed by atoms with E-state index in [0.717, 1.165) is 37.4 Å². The highest BCUT2D eigenvalue weighted by atomic mass is 16.5. The van der Waals surface area contributed by atoms with Crippen molar-refractivity contribution in [3.63, 3.8) is 0 Å². The molecule has 1 aromatic rings. The second-order valence-corrected chi connectivity index (χ2v) is 4.83. The van der Waals surface area contributed by atoms with Crippen molar-refractivity contribution in [2.24, 2.45) is 5.73 Å². The molecule has 0 spiro atoms. The zero-order chi connectivity index (χ0) is 14.2. The van der Waals surface area contributed by atoms with Crippen molar-refractivity contribution in [1.82, 2.24) is 4.90 Å². The van der Waals surface area contributed by atoms with E-state index in [0.29, 0.717) is 19.3 Å². The predicted molar refractivity (Wildman–Crippen MR) is 79.7 cm³/mol. The molecular formula is C16H22N2O2. The number of ether oxygens (including phenoxy) is 2. The van der Waals surface area contributed by atoms with Gasteiger partial charge in [0, 0.05) is 32.3 Å². The van der Waals surface area contributed by atoms with E-state index in [9.17, 15) is 0 Å². The van der Waals surface area contributed by atoms with Gasteiger partial charge in [-0.1, -0.05) is 17.9 Å². The van der Waals surface area contributed by atoms with Crippen LogP contribution in [-0.4, -0.2) is 50.9 Å². The van der Waals surface area contributed by atoms with Gasteiger partial charge >= 0.3 is 0 Å². The third-order valence-electron chi connectivity index (χ3n) is 3.41. The van der Waals surface area contributed by atoms with E-state index in [1.807, 2.05) is 24.3 Å². The molecule has 0 amide bonds. The van der Waals surface area contributed by atoms with Crippen molar-refractivity contribution >= 4 is 0 Å². The molecule has 1 aromatic carbocycles. The molecular weight excluding hydrogens is 252 g/mol. The first-order valence-electron chi connectivity index (χ1n) is 6.99. The van der Waals surface area contributed by atoms with Gasteiger partial charge in [0.1, 0.15) is 12.4 Å². The normalized spacial score (nSPS) is 18.6. The van der Waals surface area contributed by atoms with Crippen LogP contribution in [0.5, 0.6) is 5.75 Å². The Morgan fingerprint density at radius 3 is 3.10 bits per heavy atom. The Labute approximate surface area is 120 Å². The molecule has 2 N–H and O–H groups in total. The fourth-order valence-corrected chi connectivity index (χ4v) is 2.30. The number of hydrogen-bond acceptors (Lipinski definition) is 4. The molecule has 1 heterocycles. The van der Waals surface area contributed by atoms with Crippen molar-refractivity contribution in [2.45, 2.75) is 12.5 Å². The van der Waals surface area contributed by atoms with Gasteiger partial charge < -0.3 is 15.2 Å². The Kier molecular flexibility index (Phi) is 5.87. The third-order valence-corrected chi connectivity index (χ3v) is 3.41. The molecule has 4 nitrogen and oxygen atoms in total. The summed E-state index contributed by atoms with van der Waals surface area (Å²) in [4.78, 5) is 2.37. The third kappa shape index (κ3) is 4.53. The van der Waals surface area contributed by atoms with Crippen molar-refractivity contribution in [3.05, 3.63) is 29.8 Å². The molecule has 108 valence electrons. The Bertz CT molecular complexity index is 479. The SMILES string of the molecule is COC1CCN(CCOc2cccc(C#CCN)c2)C1. The fourth-order valence-electron chi connectivity index (χ4n) is 2.30. The van der Waals surface area contributed by atoms with Gasteiger partial charge in [-0.05, 0) is 24.6 Å². The van der Waals surface area contributed by atoms with Crippen LogP contribution >= 0.6 is 0 Å². The van der Waals surface area contributed by atoms with Gasteiger partial charge in [-0.15, -0.1) is 0 Å². The number of benzene rings is 1. The van der Waals surface area contributed by atoms with Crippen LogP contribution in [0.15, 0.2) is 24.3 Å². The summed E-state index contributed by atoms with van der Waals surface area (Å²) in [7, 11) is 1.78. The van der Waals surface area contributed by atoms with Gasteiger partial charge in [-0.2, -0.15) is 0 Å². The number of nitrogens with zero attached hydrogens (tertiary/aromatic N) is 1. The molecule has 1 aliphatic heterocycles. The van der Waals surface area contributed by atoms with Crippen LogP contribution in [0.25, 0.3) is 0 Å². The van der Waals surface area contributed by atoms with Crippen LogP contribution in [0.1, 0.15) is 12.0 Å². The molecule has 2 rings (SSSR count). The molecule has 20 heavy (non-hydrogen) atoms.